The van der Waals surface area contributed by atoms with Crippen LogP contribution in [0.15, 0.2) is 38.3 Å². The van der Waals surface area contributed by atoms with E-state index in [1.165, 1.54) is 6.07 Å². The molecule has 2 aromatic heterocycles. The smallest absolute Gasteiger partial charge is 0.250 e. The van der Waals surface area contributed by atoms with Gasteiger partial charge in [0.15, 0.2) is 5.76 Å². The summed E-state index contributed by atoms with van der Waals surface area (Å²) in [6.07, 6.45) is 2.02. The van der Waals surface area contributed by atoms with Gasteiger partial charge in [0, 0.05) is 81.4 Å². The molecule has 198 valence electrons. The summed E-state index contributed by atoms with van der Waals surface area (Å²) in [6.45, 7) is 4.40. The van der Waals surface area contributed by atoms with Gasteiger partial charge in [-0.1, -0.05) is 6.07 Å². The molecule has 2 saturated heterocycles. The third-order valence-electron chi connectivity index (χ3n) is 7.97. The van der Waals surface area contributed by atoms with Crippen molar-refractivity contribution in [1.29, 1.82) is 0 Å². The molecule has 2 atom stereocenters. The molecule has 2 N–H and O–H groups in total. The Labute approximate surface area is 214 Å². The fraction of sp³-hybridized carbons (Fsp3) is 0.556. The number of piperidine rings is 1. The summed E-state index contributed by atoms with van der Waals surface area (Å²) < 4.78 is 13.1. The minimum Gasteiger partial charge on any atom is -0.502 e. The number of amides is 2. The highest BCUT2D eigenvalue weighted by atomic mass is 16.5. The quantitative estimate of drug-likeness (QED) is 0.599. The van der Waals surface area contributed by atoms with Gasteiger partial charge in [0.1, 0.15) is 5.76 Å². The van der Waals surface area contributed by atoms with Crippen LogP contribution in [0.3, 0.4) is 0 Å². The number of aromatic hydroxyl groups is 1. The van der Waals surface area contributed by atoms with Crippen LogP contribution in [-0.4, -0.2) is 59.2 Å². The Morgan fingerprint density at radius 2 is 1.95 bits per heavy atom. The van der Waals surface area contributed by atoms with Crippen LogP contribution in [0.4, 0.5) is 0 Å². The highest BCUT2D eigenvalue weighted by molar-refractivity contribution is 5.80. The van der Waals surface area contributed by atoms with Crippen molar-refractivity contribution < 1.29 is 23.8 Å². The molecule has 3 aliphatic heterocycles. The molecule has 0 aromatic carbocycles. The number of hydrogen-bond acceptors (Lipinski definition) is 7. The largest absolute Gasteiger partial charge is 0.502 e. The zero-order chi connectivity index (χ0) is 26.2. The number of likely N-dealkylation sites (tertiary alicyclic amines) is 1. The molecular formula is C27H33N3O7. The van der Waals surface area contributed by atoms with E-state index in [0.29, 0.717) is 51.4 Å². The molecule has 3 aliphatic rings. The van der Waals surface area contributed by atoms with Gasteiger partial charge in [-0.15, -0.1) is 0 Å². The van der Waals surface area contributed by atoms with Gasteiger partial charge in [0.05, 0.1) is 0 Å². The maximum absolute atomic E-state index is 13.0. The van der Waals surface area contributed by atoms with Crippen molar-refractivity contribution in [1.82, 2.24) is 14.8 Å². The van der Waals surface area contributed by atoms with Crippen LogP contribution in [-0.2, 0) is 26.3 Å². The number of nitrogens with one attached hydrogen (secondary N) is 1. The molecule has 2 aromatic rings. The summed E-state index contributed by atoms with van der Waals surface area (Å²) in [7, 11) is 0. The van der Waals surface area contributed by atoms with Gasteiger partial charge in [-0.2, -0.15) is 0 Å². The Balaban J connectivity index is 1.19. The van der Waals surface area contributed by atoms with E-state index < -0.39 is 16.6 Å². The van der Waals surface area contributed by atoms with Crippen LogP contribution < -0.4 is 16.3 Å². The highest BCUT2D eigenvalue weighted by Crippen LogP contribution is 2.41. The second-order valence-electron chi connectivity index (χ2n) is 10.6. The van der Waals surface area contributed by atoms with Crippen molar-refractivity contribution in [2.45, 2.75) is 56.9 Å². The average Bonchev–Trinajstić information content (AvgIpc) is 2.87. The summed E-state index contributed by atoms with van der Waals surface area (Å²) in [5, 5.41) is 13.3. The Morgan fingerprint density at radius 1 is 1.16 bits per heavy atom. The SMILES string of the molecule is Cc1cc(=O)c(O)c(C2(CC(=O)NCCC(=O)N3C[C@H]4C[C@@H](C3)c3cccc(=O)n3C4)CCOCC2)o1. The van der Waals surface area contributed by atoms with Gasteiger partial charge in [-0.05, 0) is 38.2 Å². The number of nitrogens with zero attached hydrogens (tertiary/aromatic N) is 2. The Kier molecular flexibility index (Phi) is 6.94. The number of carbonyl (C=O) groups is 2. The average molecular weight is 512 g/mol. The summed E-state index contributed by atoms with van der Waals surface area (Å²) >= 11 is 0. The lowest BCUT2D eigenvalue weighted by Crippen LogP contribution is -2.49. The number of carbonyl (C=O) groups excluding carboxylic acids is 2. The van der Waals surface area contributed by atoms with Crippen molar-refractivity contribution >= 4 is 11.8 Å². The van der Waals surface area contributed by atoms with Gasteiger partial charge in [-0.25, -0.2) is 0 Å². The van der Waals surface area contributed by atoms with Crippen molar-refractivity contribution in [3.63, 3.8) is 0 Å². The predicted octanol–water partition coefficient (Wildman–Crippen LogP) is 1.41. The topological polar surface area (TPSA) is 131 Å². The molecule has 0 radical (unpaired) electrons. The summed E-state index contributed by atoms with van der Waals surface area (Å²) in [5.74, 6) is 0.126. The van der Waals surface area contributed by atoms with E-state index in [0.717, 1.165) is 12.1 Å². The first-order valence-electron chi connectivity index (χ1n) is 12.9. The fourth-order valence-electron chi connectivity index (χ4n) is 6.15. The van der Waals surface area contributed by atoms with Gasteiger partial charge in [-0.3, -0.25) is 19.2 Å². The molecule has 0 unspecified atom stereocenters. The summed E-state index contributed by atoms with van der Waals surface area (Å²) in [6, 6.07) is 6.55. The second-order valence-corrected chi connectivity index (χ2v) is 10.6. The van der Waals surface area contributed by atoms with Crippen LogP contribution in [0, 0.1) is 12.8 Å². The molecule has 0 spiro atoms. The van der Waals surface area contributed by atoms with Crippen LogP contribution in [0.25, 0.3) is 0 Å². The summed E-state index contributed by atoms with van der Waals surface area (Å²) in [4.78, 5) is 52.2. The van der Waals surface area contributed by atoms with Crippen LogP contribution in [0.2, 0.25) is 0 Å². The van der Waals surface area contributed by atoms with Crippen molar-refractivity contribution in [2.75, 3.05) is 32.8 Å². The summed E-state index contributed by atoms with van der Waals surface area (Å²) in [5.41, 5.74) is -0.385. The van der Waals surface area contributed by atoms with E-state index in [1.54, 1.807) is 19.1 Å². The molecule has 5 heterocycles. The maximum Gasteiger partial charge on any atom is 0.250 e. The maximum atomic E-state index is 13.0. The van der Waals surface area contributed by atoms with Crippen LogP contribution >= 0.6 is 0 Å². The number of hydrogen-bond donors (Lipinski definition) is 2. The lowest BCUT2D eigenvalue weighted by molar-refractivity contribution is -0.134. The van der Waals surface area contributed by atoms with E-state index in [9.17, 15) is 24.3 Å². The lowest BCUT2D eigenvalue weighted by atomic mass is 9.74. The normalized spacial score (nSPS) is 22.2. The molecule has 2 amide bonds. The minimum atomic E-state index is -0.850. The third kappa shape index (κ3) is 5.07. The van der Waals surface area contributed by atoms with E-state index in [-0.39, 0.29) is 54.4 Å². The van der Waals surface area contributed by atoms with Crippen molar-refractivity contribution in [3.05, 3.63) is 62.1 Å². The number of aromatic nitrogens is 1. The first-order chi connectivity index (χ1) is 17.8. The van der Waals surface area contributed by atoms with Crippen molar-refractivity contribution in [2.24, 2.45) is 5.92 Å². The zero-order valence-electron chi connectivity index (χ0n) is 21.0. The number of aryl methyl sites for hydroxylation is 1. The Hall–Kier alpha value is -3.40. The monoisotopic (exact) mass is 511 g/mol. The number of rotatable bonds is 6. The molecule has 2 fully saturated rings. The molecule has 0 aliphatic carbocycles. The number of ether oxygens (including phenoxy) is 1. The van der Waals surface area contributed by atoms with Crippen LogP contribution in [0.1, 0.15) is 55.2 Å². The molecular weight excluding hydrogens is 478 g/mol. The van der Waals surface area contributed by atoms with Crippen LogP contribution in [0.5, 0.6) is 5.75 Å². The number of pyridine rings is 1. The highest BCUT2D eigenvalue weighted by Gasteiger charge is 2.42. The lowest BCUT2D eigenvalue weighted by Gasteiger charge is -2.42. The van der Waals surface area contributed by atoms with Gasteiger partial charge in [0.2, 0.25) is 23.0 Å². The third-order valence-corrected chi connectivity index (χ3v) is 7.97. The number of fused-ring (bicyclic) bond motifs is 4. The predicted molar refractivity (Wildman–Crippen MR) is 133 cm³/mol. The molecule has 37 heavy (non-hydrogen) atoms. The second kappa shape index (κ2) is 10.2. The van der Waals surface area contributed by atoms with Gasteiger partial charge in [0.25, 0.3) is 5.56 Å². The van der Waals surface area contributed by atoms with Gasteiger partial charge < -0.3 is 29.0 Å². The molecule has 10 heteroatoms. The van der Waals surface area contributed by atoms with E-state index in [2.05, 4.69) is 5.32 Å². The van der Waals surface area contributed by atoms with Gasteiger partial charge >= 0.3 is 0 Å². The first-order valence-corrected chi connectivity index (χ1v) is 12.9. The Bertz CT molecular complexity index is 1310. The minimum absolute atomic E-state index is 0.00949. The fourth-order valence-corrected chi connectivity index (χ4v) is 6.15. The molecule has 0 saturated carbocycles. The standard InChI is InChI=1S/C27H33N3O7/c1-17-11-21(31)25(35)26(37-17)27(6-9-36-10-7-27)13-22(32)28-8-5-23(33)29-14-18-12-19(16-29)20-3-2-4-24(34)30(20)15-18/h2-4,11,18-19,35H,5-10,12-16H2,1H3,(H,28,32)/t18-,19+/m1/s1. The first kappa shape index (κ1) is 25.3. The molecule has 5 rings (SSSR count). The van der Waals surface area contributed by atoms with E-state index >= 15 is 0 Å². The van der Waals surface area contributed by atoms with E-state index in [4.69, 9.17) is 9.15 Å². The Morgan fingerprint density at radius 3 is 2.73 bits per heavy atom. The van der Waals surface area contributed by atoms with E-state index in [1.807, 2.05) is 15.5 Å². The van der Waals surface area contributed by atoms with Crippen molar-refractivity contribution in [3.8, 4) is 5.75 Å². The molecule has 2 bridgehead atoms. The molecule has 10 nitrogen and oxygen atoms in total. The zero-order valence-corrected chi connectivity index (χ0v) is 21.0.